The molecule has 6 heteroatoms. The molecule has 0 amide bonds. The number of hydrogen-bond donors (Lipinski definition) is 2. The Hall–Kier alpha value is -1.37. The Morgan fingerprint density at radius 3 is 2.65 bits per heavy atom. The van der Waals surface area contributed by atoms with Gasteiger partial charge in [0.15, 0.2) is 0 Å². The van der Waals surface area contributed by atoms with Crippen molar-refractivity contribution in [3.8, 4) is 0 Å². The van der Waals surface area contributed by atoms with Crippen LogP contribution in [0.3, 0.4) is 0 Å². The van der Waals surface area contributed by atoms with Crippen LogP contribution >= 0.6 is 11.3 Å². The van der Waals surface area contributed by atoms with E-state index in [0.717, 1.165) is 10.4 Å². The summed E-state index contributed by atoms with van der Waals surface area (Å²) in [5.41, 5.74) is 7.01. The smallest absolute Gasteiger partial charge is 0.241 e. The van der Waals surface area contributed by atoms with Gasteiger partial charge in [-0.2, -0.15) is 0 Å². The van der Waals surface area contributed by atoms with E-state index in [2.05, 4.69) is 4.72 Å². The van der Waals surface area contributed by atoms with E-state index in [1.165, 1.54) is 6.07 Å². The van der Waals surface area contributed by atoms with Gasteiger partial charge in [0, 0.05) is 10.6 Å². The Kier molecular flexibility index (Phi) is 4.47. The van der Waals surface area contributed by atoms with Crippen molar-refractivity contribution in [1.82, 2.24) is 4.72 Å². The fourth-order valence-electron chi connectivity index (χ4n) is 2.02. The summed E-state index contributed by atoms with van der Waals surface area (Å²) in [6.45, 7) is 3.78. The standard InChI is InChI=1S/C14H18N2O2S2/c1-3-13(14-5-4-6-19-14)16-20(17,18)12-8-10(2)7-11(15)9-12/h4-9,13,16H,3,15H2,1-2H3. The fraction of sp³-hybridized carbons (Fsp3) is 0.286. The Bertz CT molecular complexity index is 659. The second-order valence-corrected chi connectivity index (χ2v) is 7.37. The minimum atomic E-state index is -3.57. The predicted octanol–water partition coefficient (Wildman–Crippen LogP) is 3.07. The number of aryl methyl sites for hydroxylation is 1. The number of nitrogens with two attached hydrogens (primary N) is 1. The first-order chi connectivity index (χ1) is 9.42. The van der Waals surface area contributed by atoms with Gasteiger partial charge in [-0.3, -0.25) is 0 Å². The van der Waals surface area contributed by atoms with Crippen LogP contribution in [0.15, 0.2) is 40.6 Å². The molecule has 0 radical (unpaired) electrons. The molecule has 1 aromatic carbocycles. The van der Waals surface area contributed by atoms with Crippen LogP contribution in [0.1, 0.15) is 29.8 Å². The Morgan fingerprint density at radius 1 is 1.35 bits per heavy atom. The SMILES string of the molecule is CCC(NS(=O)(=O)c1cc(C)cc(N)c1)c1cccs1. The molecule has 0 aliphatic carbocycles. The monoisotopic (exact) mass is 310 g/mol. The minimum Gasteiger partial charge on any atom is -0.399 e. The van der Waals surface area contributed by atoms with E-state index < -0.39 is 10.0 Å². The summed E-state index contributed by atoms with van der Waals surface area (Å²) in [6.07, 6.45) is 0.695. The van der Waals surface area contributed by atoms with E-state index in [1.807, 2.05) is 31.4 Å². The van der Waals surface area contributed by atoms with Crippen molar-refractivity contribution in [3.05, 3.63) is 46.2 Å². The van der Waals surface area contributed by atoms with Gasteiger partial charge in [0.2, 0.25) is 10.0 Å². The van der Waals surface area contributed by atoms with Crippen molar-refractivity contribution in [2.24, 2.45) is 0 Å². The van der Waals surface area contributed by atoms with Crippen molar-refractivity contribution >= 4 is 27.0 Å². The van der Waals surface area contributed by atoms with Crippen LogP contribution in [0, 0.1) is 6.92 Å². The number of sulfonamides is 1. The van der Waals surface area contributed by atoms with Crippen molar-refractivity contribution in [2.45, 2.75) is 31.2 Å². The maximum Gasteiger partial charge on any atom is 0.241 e. The Labute approximate surface area is 123 Å². The van der Waals surface area contributed by atoms with Crippen LogP contribution in [-0.4, -0.2) is 8.42 Å². The summed E-state index contributed by atoms with van der Waals surface area (Å²) in [6, 6.07) is 8.50. The number of nitrogen functional groups attached to an aromatic ring is 1. The maximum absolute atomic E-state index is 12.4. The Balaban J connectivity index is 2.30. The summed E-state index contributed by atoms with van der Waals surface area (Å²) in [4.78, 5) is 1.22. The number of anilines is 1. The fourth-order valence-corrected chi connectivity index (χ4v) is 4.39. The second kappa shape index (κ2) is 5.95. The number of benzene rings is 1. The van der Waals surface area contributed by atoms with Crippen LogP contribution in [0.5, 0.6) is 0 Å². The van der Waals surface area contributed by atoms with Crippen molar-refractivity contribution in [2.75, 3.05) is 5.73 Å². The van der Waals surface area contributed by atoms with Crippen LogP contribution < -0.4 is 10.5 Å². The van der Waals surface area contributed by atoms with Crippen LogP contribution in [0.2, 0.25) is 0 Å². The number of thiophene rings is 1. The number of hydrogen-bond acceptors (Lipinski definition) is 4. The minimum absolute atomic E-state index is 0.207. The topological polar surface area (TPSA) is 72.2 Å². The lowest BCUT2D eigenvalue weighted by Crippen LogP contribution is -2.28. The van der Waals surface area contributed by atoms with Gasteiger partial charge in [0.25, 0.3) is 0 Å². The average Bonchev–Trinajstić information content (AvgIpc) is 2.88. The van der Waals surface area contributed by atoms with E-state index in [9.17, 15) is 8.42 Å². The summed E-state index contributed by atoms with van der Waals surface area (Å²) >= 11 is 1.55. The van der Waals surface area contributed by atoms with Gasteiger partial charge in [-0.1, -0.05) is 13.0 Å². The molecular formula is C14H18N2O2S2. The highest BCUT2D eigenvalue weighted by Crippen LogP contribution is 2.25. The van der Waals surface area contributed by atoms with Gasteiger partial charge in [-0.05, 0) is 48.6 Å². The summed E-state index contributed by atoms with van der Waals surface area (Å²) < 4.78 is 27.6. The van der Waals surface area contributed by atoms with Gasteiger partial charge >= 0.3 is 0 Å². The molecule has 20 heavy (non-hydrogen) atoms. The van der Waals surface area contributed by atoms with E-state index >= 15 is 0 Å². The highest BCUT2D eigenvalue weighted by molar-refractivity contribution is 7.89. The molecule has 0 aliphatic rings. The Morgan fingerprint density at radius 2 is 2.10 bits per heavy atom. The first kappa shape index (κ1) is 15.0. The lowest BCUT2D eigenvalue weighted by molar-refractivity contribution is 0.553. The molecule has 0 bridgehead atoms. The zero-order valence-electron chi connectivity index (χ0n) is 11.5. The van der Waals surface area contributed by atoms with Crippen LogP contribution in [0.25, 0.3) is 0 Å². The summed E-state index contributed by atoms with van der Waals surface area (Å²) in [5.74, 6) is 0. The molecule has 1 atom stereocenters. The lowest BCUT2D eigenvalue weighted by atomic mass is 10.2. The molecule has 1 heterocycles. The first-order valence-electron chi connectivity index (χ1n) is 6.35. The molecule has 4 nitrogen and oxygen atoms in total. The summed E-state index contributed by atoms with van der Waals surface area (Å²) in [5, 5.41) is 1.94. The quantitative estimate of drug-likeness (QED) is 0.834. The summed E-state index contributed by atoms with van der Waals surface area (Å²) in [7, 11) is -3.57. The van der Waals surface area contributed by atoms with E-state index in [-0.39, 0.29) is 10.9 Å². The average molecular weight is 310 g/mol. The third-order valence-electron chi connectivity index (χ3n) is 2.98. The normalized spacial score (nSPS) is 13.3. The van der Waals surface area contributed by atoms with E-state index in [1.54, 1.807) is 23.5 Å². The molecule has 3 N–H and O–H groups in total. The zero-order chi connectivity index (χ0) is 14.8. The van der Waals surface area contributed by atoms with Gasteiger partial charge in [-0.15, -0.1) is 11.3 Å². The number of rotatable bonds is 5. The second-order valence-electron chi connectivity index (χ2n) is 4.68. The van der Waals surface area contributed by atoms with Gasteiger partial charge in [0.1, 0.15) is 0 Å². The largest absolute Gasteiger partial charge is 0.399 e. The third-order valence-corrected chi connectivity index (χ3v) is 5.41. The van der Waals surface area contributed by atoms with E-state index in [0.29, 0.717) is 12.1 Å². The highest BCUT2D eigenvalue weighted by Gasteiger charge is 2.21. The molecule has 0 aliphatic heterocycles. The van der Waals surface area contributed by atoms with Crippen molar-refractivity contribution in [1.29, 1.82) is 0 Å². The van der Waals surface area contributed by atoms with Gasteiger partial charge in [0.05, 0.1) is 10.9 Å². The molecule has 0 saturated carbocycles. The van der Waals surface area contributed by atoms with E-state index in [4.69, 9.17) is 5.73 Å². The van der Waals surface area contributed by atoms with Crippen LogP contribution in [0.4, 0.5) is 5.69 Å². The molecule has 0 saturated heterocycles. The molecule has 108 valence electrons. The molecule has 0 fully saturated rings. The van der Waals surface area contributed by atoms with Crippen molar-refractivity contribution in [3.63, 3.8) is 0 Å². The lowest BCUT2D eigenvalue weighted by Gasteiger charge is -2.16. The molecular weight excluding hydrogens is 292 g/mol. The molecule has 2 rings (SSSR count). The molecule has 0 spiro atoms. The molecule has 2 aromatic rings. The predicted molar refractivity (Wildman–Crippen MR) is 83.3 cm³/mol. The molecule has 1 unspecified atom stereocenters. The first-order valence-corrected chi connectivity index (χ1v) is 8.71. The zero-order valence-corrected chi connectivity index (χ0v) is 13.1. The third kappa shape index (κ3) is 3.39. The number of nitrogens with one attached hydrogen (secondary N) is 1. The highest BCUT2D eigenvalue weighted by atomic mass is 32.2. The molecule has 1 aromatic heterocycles. The van der Waals surface area contributed by atoms with Crippen LogP contribution in [-0.2, 0) is 10.0 Å². The maximum atomic E-state index is 12.4. The van der Waals surface area contributed by atoms with Crippen molar-refractivity contribution < 1.29 is 8.42 Å². The van der Waals surface area contributed by atoms with Gasteiger partial charge in [-0.25, -0.2) is 13.1 Å². The van der Waals surface area contributed by atoms with Gasteiger partial charge < -0.3 is 5.73 Å².